The minimum atomic E-state index is 0.494. The number of rotatable bonds is 1. The van der Waals surface area contributed by atoms with Gasteiger partial charge in [0.2, 0.25) is 5.89 Å². The van der Waals surface area contributed by atoms with Crippen molar-refractivity contribution in [1.82, 2.24) is 4.98 Å². The predicted octanol–water partition coefficient (Wildman–Crippen LogP) is 4.35. The van der Waals surface area contributed by atoms with Crippen molar-refractivity contribution in [3.63, 3.8) is 0 Å². The fourth-order valence-electron chi connectivity index (χ4n) is 2.06. The average Bonchev–Trinajstić information content (AvgIpc) is 2.76. The van der Waals surface area contributed by atoms with Gasteiger partial charge in [0.15, 0.2) is 5.58 Å². The van der Waals surface area contributed by atoms with Crippen molar-refractivity contribution >= 4 is 28.4 Å². The van der Waals surface area contributed by atoms with E-state index in [2.05, 4.69) is 24.9 Å². The van der Waals surface area contributed by atoms with Gasteiger partial charge in [-0.25, -0.2) is 4.98 Å². The Morgan fingerprint density at radius 1 is 1.21 bits per heavy atom. The lowest BCUT2D eigenvalue weighted by Crippen LogP contribution is -1.86. The highest BCUT2D eigenvalue weighted by molar-refractivity contribution is 6.33. The van der Waals surface area contributed by atoms with Gasteiger partial charge < -0.3 is 10.2 Å². The predicted molar refractivity (Wildman–Crippen MR) is 78.3 cm³/mol. The standard InChI is InChI=1S/C15H13ClN2O/c1-8-4-3-5-10(9(8)2)15-18-13-6-11(16)12(17)7-14(13)19-15/h3-7H,17H2,1-2H3. The van der Waals surface area contributed by atoms with Crippen molar-refractivity contribution in [3.05, 3.63) is 46.5 Å². The Bertz CT molecular complexity index is 738. The number of nitrogens with two attached hydrogens (primary N) is 1. The number of fused-ring (bicyclic) bond motifs is 1. The van der Waals surface area contributed by atoms with Crippen LogP contribution in [-0.2, 0) is 0 Å². The highest BCUT2D eigenvalue weighted by Gasteiger charge is 2.12. The number of hydrogen-bond acceptors (Lipinski definition) is 3. The molecule has 3 rings (SSSR count). The second-order valence-electron chi connectivity index (χ2n) is 4.61. The van der Waals surface area contributed by atoms with E-state index in [1.165, 1.54) is 5.56 Å². The van der Waals surface area contributed by atoms with Gasteiger partial charge in [0, 0.05) is 11.6 Å². The number of aromatic nitrogens is 1. The maximum Gasteiger partial charge on any atom is 0.227 e. The minimum Gasteiger partial charge on any atom is -0.436 e. The first kappa shape index (κ1) is 12.1. The summed E-state index contributed by atoms with van der Waals surface area (Å²) in [6.45, 7) is 4.12. The van der Waals surface area contributed by atoms with Crippen LogP contribution in [0.15, 0.2) is 34.7 Å². The zero-order valence-electron chi connectivity index (χ0n) is 10.7. The zero-order chi connectivity index (χ0) is 13.6. The summed E-state index contributed by atoms with van der Waals surface area (Å²) in [6.07, 6.45) is 0. The number of oxazole rings is 1. The summed E-state index contributed by atoms with van der Waals surface area (Å²) < 4.78 is 5.78. The molecule has 0 fully saturated rings. The van der Waals surface area contributed by atoms with Crippen LogP contribution < -0.4 is 5.73 Å². The van der Waals surface area contributed by atoms with Gasteiger partial charge in [0.05, 0.1) is 10.7 Å². The van der Waals surface area contributed by atoms with Gasteiger partial charge in [-0.15, -0.1) is 0 Å². The van der Waals surface area contributed by atoms with Gasteiger partial charge in [-0.3, -0.25) is 0 Å². The van der Waals surface area contributed by atoms with E-state index in [0.717, 1.165) is 16.6 Å². The van der Waals surface area contributed by atoms with Crippen LogP contribution in [0.4, 0.5) is 5.69 Å². The van der Waals surface area contributed by atoms with Crippen molar-refractivity contribution < 1.29 is 4.42 Å². The van der Waals surface area contributed by atoms with Gasteiger partial charge in [0.1, 0.15) is 5.52 Å². The molecule has 0 radical (unpaired) electrons. The normalized spacial score (nSPS) is 11.1. The molecule has 0 aliphatic heterocycles. The molecule has 0 unspecified atom stereocenters. The number of aryl methyl sites for hydroxylation is 1. The number of halogens is 1. The first-order valence-corrected chi connectivity index (χ1v) is 6.36. The quantitative estimate of drug-likeness (QED) is 0.670. The Morgan fingerprint density at radius 2 is 2.00 bits per heavy atom. The first-order chi connectivity index (χ1) is 9.06. The van der Waals surface area contributed by atoms with E-state index in [4.69, 9.17) is 21.8 Å². The van der Waals surface area contributed by atoms with Gasteiger partial charge in [0.25, 0.3) is 0 Å². The minimum absolute atomic E-state index is 0.494. The Kier molecular flexibility index (Phi) is 2.72. The van der Waals surface area contributed by atoms with Crippen molar-refractivity contribution in [3.8, 4) is 11.5 Å². The number of anilines is 1. The second-order valence-corrected chi connectivity index (χ2v) is 5.02. The highest BCUT2D eigenvalue weighted by atomic mass is 35.5. The Labute approximate surface area is 116 Å². The van der Waals surface area contributed by atoms with E-state index in [9.17, 15) is 0 Å². The molecule has 0 saturated heterocycles. The lowest BCUT2D eigenvalue weighted by atomic mass is 10.0. The van der Waals surface area contributed by atoms with Gasteiger partial charge in [-0.05, 0) is 37.1 Å². The fourth-order valence-corrected chi connectivity index (χ4v) is 2.22. The lowest BCUT2D eigenvalue weighted by Gasteiger charge is -2.03. The summed E-state index contributed by atoms with van der Waals surface area (Å²) in [5, 5.41) is 0.494. The maximum absolute atomic E-state index is 5.99. The second kappa shape index (κ2) is 4.28. The zero-order valence-corrected chi connectivity index (χ0v) is 11.5. The van der Waals surface area contributed by atoms with Crippen LogP contribution in [0.1, 0.15) is 11.1 Å². The molecule has 0 aliphatic carbocycles. The molecule has 4 heteroatoms. The Morgan fingerprint density at radius 3 is 2.79 bits per heavy atom. The molecule has 3 nitrogen and oxygen atoms in total. The van der Waals surface area contributed by atoms with E-state index in [1.54, 1.807) is 12.1 Å². The van der Waals surface area contributed by atoms with E-state index >= 15 is 0 Å². The van der Waals surface area contributed by atoms with Crippen LogP contribution in [-0.4, -0.2) is 4.98 Å². The largest absolute Gasteiger partial charge is 0.436 e. The SMILES string of the molecule is Cc1cccc(-c2nc3cc(Cl)c(N)cc3o2)c1C. The number of hydrogen-bond donors (Lipinski definition) is 1. The summed E-state index contributed by atoms with van der Waals surface area (Å²) in [5.74, 6) is 0.595. The van der Waals surface area contributed by atoms with Crippen LogP contribution in [0.2, 0.25) is 5.02 Å². The smallest absolute Gasteiger partial charge is 0.227 e. The molecule has 2 N–H and O–H groups in total. The lowest BCUT2D eigenvalue weighted by molar-refractivity contribution is 0.619. The fraction of sp³-hybridized carbons (Fsp3) is 0.133. The molecule has 0 saturated carbocycles. The molecular formula is C15H13ClN2O. The number of nitrogens with zero attached hydrogens (tertiary/aromatic N) is 1. The molecule has 0 spiro atoms. The van der Waals surface area contributed by atoms with Crippen LogP contribution in [0.3, 0.4) is 0 Å². The van der Waals surface area contributed by atoms with Crippen molar-refractivity contribution in [2.75, 3.05) is 5.73 Å². The van der Waals surface area contributed by atoms with Crippen molar-refractivity contribution in [2.24, 2.45) is 0 Å². The van der Waals surface area contributed by atoms with Crippen molar-refractivity contribution in [2.45, 2.75) is 13.8 Å². The molecule has 96 valence electrons. The van der Waals surface area contributed by atoms with Crippen LogP contribution in [0, 0.1) is 13.8 Å². The van der Waals surface area contributed by atoms with Gasteiger partial charge in [-0.1, -0.05) is 23.7 Å². The topological polar surface area (TPSA) is 52.0 Å². The molecule has 1 heterocycles. The molecule has 0 aliphatic rings. The molecule has 2 aromatic carbocycles. The van der Waals surface area contributed by atoms with Gasteiger partial charge >= 0.3 is 0 Å². The molecule has 0 bridgehead atoms. The average molecular weight is 273 g/mol. The van der Waals surface area contributed by atoms with Crippen molar-refractivity contribution in [1.29, 1.82) is 0 Å². The van der Waals surface area contributed by atoms with E-state index < -0.39 is 0 Å². The highest BCUT2D eigenvalue weighted by Crippen LogP contribution is 2.31. The molecule has 0 atom stereocenters. The van der Waals surface area contributed by atoms with Gasteiger partial charge in [-0.2, -0.15) is 0 Å². The third kappa shape index (κ3) is 1.96. The van der Waals surface area contributed by atoms with E-state index in [1.807, 2.05) is 12.1 Å². The molecule has 1 aromatic heterocycles. The third-order valence-electron chi connectivity index (χ3n) is 3.34. The van der Waals surface area contributed by atoms with E-state index in [0.29, 0.717) is 22.2 Å². The molecular weight excluding hydrogens is 260 g/mol. The number of nitrogen functional groups attached to an aromatic ring is 1. The van der Waals surface area contributed by atoms with Crippen LogP contribution in [0.5, 0.6) is 0 Å². The summed E-state index contributed by atoms with van der Waals surface area (Å²) in [4.78, 5) is 4.48. The summed E-state index contributed by atoms with van der Waals surface area (Å²) in [7, 11) is 0. The summed E-state index contributed by atoms with van der Waals surface area (Å²) in [5.41, 5.74) is 11.0. The summed E-state index contributed by atoms with van der Waals surface area (Å²) >= 11 is 5.99. The monoisotopic (exact) mass is 272 g/mol. The molecule has 19 heavy (non-hydrogen) atoms. The number of benzene rings is 2. The summed E-state index contributed by atoms with van der Waals surface area (Å²) in [6, 6.07) is 9.49. The maximum atomic E-state index is 5.99. The first-order valence-electron chi connectivity index (χ1n) is 5.98. The third-order valence-corrected chi connectivity index (χ3v) is 3.67. The van der Waals surface area contributed by atoms with Crippen LogP contribution >= 0.6 is 11.6 Å². The molecule has 0 amide bonds. The van der Waals surface area contributed by atoms with E-state index in [-0.39, 0.29) is 0 Å². The molecule has 3 aromatic rings. The van der Waals surface area contributed by atoms with Crippen LogP contribution in [0.25, 0.3) is 22.6 Å². The Hall–Kier alpha value is -2.00. The Balaban J connectivity index is 2.23.